The van der Waals surface area contributed by atoms with Crippen molar-refractivity contribution in [3.8, 4) is 0 Å². The second kappa shape index (κ2) is 9.60. The van der Waals surface area contributed by atoms with Crippen LogP contribution in [-0.2, 0) is 4.74 Å². The van der Waals surface area contributed by atoms with Gasteiger partial charge in [-0.25, -0.2) is 0 Å². The summed E-state index contributed by atoms with van der Waals surface area (Å²) in [4.78, 5) is 9.35. The van der Waals surface area contributed by atoms with Crippen molar-refractivity contribution in [1.82, 2.24) is 10.2 Å². The van der Waals surface area contributed by atoms with Crippen LogP contribution in [0.3, 0.4) is 0 Å². The molecule has 2 aliphatic rings. The molecule has 1 N–H and O–H groups in total. The van der Waals surface area contributed by atoms with Gasteiger partial charge in [0.2, 0.25) is 0 Å². The van der Waals surface area contributed by atoms with Crippen molar-refractivity contribution >= 4 is 27.6 Å². The third kappa shape index (κ3) is 5.13. The van der Waals surface area contributed by atoms with Gasteiger partial charge in [-0.15, -0.1) is 0 Å². The van der Waals surface area contributed by atoms with Crippen LogP contribution in [0.2, 0.25) is 0 Å². The maximum absolute atomic E-state index is 5.75. The number of ether oxygens (including phenoxy) is 1. The highest BCUT2D eigenvalue weighted by atomic mass is 79.9. The van der Waals surface area contributed by atoms with E-state index in [1.807, 2.05) is 7.05 Å². The zero-order chi connectivity index (χ0) is 18.4. The predicted molar refractivity (Wildman–Crippen MR) is 112 cm³/mol. The molecule has 0 radical (unpaired) electrons. The predicted octanol–water partition coefficient (Wildman–Crippen LogP) is 3.35. The van der Waals surface area contributed by atoms with Gasteiger partial charge < -0.3 is 19.9 Å². The van der Waals surface area contributed by atoms with Gasteiger partial charge in [0.1, 0.15) is 0 Å². The van der Waals surface area contributed by atoms with Gasteiger partial charge in [-0.3, -0.25) is 4.99 Å². The van der Waals surface area contributed by atoms with Crippen molar-refractivity contribution < 1.29 is 4.74 Å². The van der Waals surface area contributed by atoms with Crippen molar-refractivity contribution in [3.05, 3.63) is 28.7 Å². The Morgan fingerprint density at radius 3 is 2.77 bits per heavy atom. The maximum Gasteiger partial charge on any atom is 0.193 e. The first-order valence-corrected chi connectivity index (χ1v) is 10.6. The van der Waals surface area contributed by atoms with E-state index in [4.69, 9.17) is 4.74 Å². The van der Waals surface area contributed by atoms with E-state index in [1.54, 1.807) is 0 Å². The normalized spacial score (nSPS) is 22.1. The molecule has 5 nitrogen and oxygen atoms in total. The van der Waals surface area contributed by atoms with Gasteiger partial charge in [0.15, 0.2) is 5.96 Å². The van der Waals surface area contributed by atoms with Gasteiger partial charge in [0.05, 0.1) is 6.10 Å². The first kappa shape index (κ1) is 19.5. The lowest BCUT2D eigenvalue weighted by molar-refractivity contribution is 0.0263. The summed E-state index contributed by atoms with van der Waals surface area (Å²) in [6.07, 6.45) is 3.83. The number of anilines is 1. The molecule has 0 aliphatic carbocycles. The molecular formula is C20H31BrN4O. The van der Waals surface area contributed by atoms with E-state index in [2.05, 4.69) is 67.2 Å². The summed E-state index contributed by atoms with van der Waals surface area (Å²) in [5.74, 6) is 1.70. The van der Waals surface area contributed by atoms with Crippen LogP contribution in [0.5, 0.6) is 0 Å². The largest absolute Gasteiger partial charge is 0.378 e. The molecule has 2 heterocycles. The van der Waals surface area contributed by atoms with Crippen molar-refractivity contribution in [1.29, 1.82) is 0 Å². The molecule has 1 aromatic carbocycles. The van der Waals surface area contributed by atoms with Crippen molar-refractivity contribution in [2.75, 3.05) is 51.3 Å². The van der Waals surface area contributed by atoms with Crippen molar-refractivity contribution in [3.63, 3.8) is 0 Å². The zero-order valence-electron chi connectivity index (χ0n) is 16.0. The number of piperidine rings is 1. The number of guanidine groups is 1. The minimum absolute atomic E-state index is 0.419. The summed E-state index contributed by atoms with van der Waals surface area (Å²) in [6.45, 7) is 8.16. The highest BCUT2D eigenvalue weighted by Crippen LogP contribution is 2.26. The molecule has 2 saturated heterocycles. The van der Waals surface area contributed by atoms with Crippen LogP contribution >= 0.6 is 15.9 Å². The number of hydrogen-bond donors (Lipinski definition) is 1. The highest BCUT2D eigenvalue weighted by Gasteiger charge is 2.25. The lowest BCUT2D eigenvalue weighted by Crippen LogP contribution is -2.48. The Morgan fingerprint density at radius 1 is 1.27 bits per heavy atom. The molecule has 26 heavy (non-hydrogen) atoms. The molecule has 0 aromatic heterocycles. The smallest absolute Gasteiger partial charge is 0.193 e. The molecule has 0 bridgehead atoms. The van der Waals surface area contributed by atoms with Crippen LogP contribution in [0.25, 0.3) is 0 Å². The zero-order valence-corrected chi connectivity index (χ0v) is 17.5. The number of nitrogens with zero attached hydrogens (tertiary/aromatic N) is 3. The minimum Gasteiger partial charge on any atom is -0.378 e. The number of halogens is 1. The molecule has 144 valence electrons. The summed E-state index contributed by atoms with van der Waals surface area (Å²) < 4.78 is 6.90. The second-order valence-electron chi connectivity index (χ2n) is 7.15. The average molecular weight is 423 g/mol. The van der Waals surface area contributed by atoms with Crippen LogP contribution in [0.1, 0.15) is 26.2 Å². The molecule has 0 amide bonds. The molecule has 1 unspecified atom stereocenters. The van der Waals surface area contributed by atoms with Crippen LogP contribution in [0.4, 0.5) is 5.69 Å². The number of nitrogens with one attached hydrogen (secondary N) is 1. The standard InChI is InChI=1S/C20H31BrN4O/c1-3-26-19-8-11-24(12-9-19)20(22-2)23-14-16-7-10-25(15-16)18-6-4-5-17(21)13-18/h4-6,13,16,19H,3,7-12,14-15H2,1-2H3,(H,22,23). The Kier molecular flexibility index (Phi) is 7.20. The Labute approximate surface area is 165 Å². The number of aliphatic imine (C=N–C) groups is 1. The van der Waals surface area contributed by atoms with Crippen LogP contribution < -0.4 is 10.2 Å². The summed E-state index contributed by atoms with van der Waals surface area (Å²) in [7, 11) is 1.89. The van der Waals surface area contributed by atoms with Gasteiger partial charge in [-0.2, -0.15) is 0 Å². The summed E-state index contributed by atoms with van der Waals surface area (Å²) in [5, 5.41) is 3.61. The monoisotopic (exact) mass is 422 g/mol. The summed E-state index contributed by atoms with van der Waals surface area (Å²) in [6, 6.07) is 8.59. The fourth-order valence-electron chi connectivity index (χ4n) is 3.94. The quantitative estimate of drug-likeness (QED) is 0.583. The van der Waals surface area contributed by atoms with Crippen LogP contribution in [-0.4, -0.2) is 63.3 Å². The Hall–Kier alpha value is -1.27. The fourth-order valence-corrected chi connectivity index (χ4v) is 4.33. The van der Waals surface area contributed by atoms with Gasteiger partial charge in [0.25, 0.3) is 0 Å². The molecule has 0 saturated carbocycles. The van der Waals surface area contributed by atoms with Crippen LogP contribution in [0, 0.1) is 5.92 Å². The van der Waals surface area contributed by atoms with Crippen molar-refractivity contribution in [2.45, 2.75) is 32.3 Å². The van der Waals surface area contributed by atoms with E-state index in [9.17, 15) is 0 Å². The maximum atomic E-state index is 5.75. The minimum atomic E-state index is 0.419. The Bertz CT molecular complexity index is 601. The van der Waals surface area contributed by atoms with Gasteiger partial charge in [-0.05, 0) is 50.3 Å². The fraction of sp³-hybridized carbons (Fsp3) is 0.650. The summed E-state index contributed by atoms with van der Waals surface area (Å²) in [5.41, 5.74) is 1.31. The van der Waals surface area contributed by atoms with E-state index in [0.717, 1.165) is 62.6 Å². The molecule has 3 rings (SSSR count). The topological polar surface area (TPSA) is 40.1 Å². The van der Waals surface area contributed by atoms with Crippen molar-refractivity contribution in [2.24, 2.45) is 10.9 Å². The first-order valence-electron chi connectivity index (χ1n) is 9.77. The average Bonchev–Trinajstić information content (AvgIpc) is 3.13. The number of hydrogen-bond acceptors (Lipinski definition) is 3. The molecule has 6 heteroatoms. The van der Waals surface area contributed by atoms with E-state index in [-0.39, 0.29) is 0 Å². The highest BCUT2D eigenvalue weighted by molar-refractivity contribution is 9.10. The molecule has 2 aliphatic heterocycles. The van der Waals surface area contributed by atoms with E-state index in [0.29, 0.717) is 12.0 Å². The lowest BCUT2D eigenvalue weighted by atomic mass is 10.1. The number of rotatable bonds is 5. The third-order valence-corrected chi connectivity index (χ3v) is 5.86. The van der Waals surface area contributed by atoms with E-state index >= 15 is 0 Å². The van der Waals surface area contributed by atoms with Gasteiger partial charge in [0, 0.05) is 56.5 Å². The van der Waals surface area contributed by atoms with Crippen LogP contribution in [0.15, 0.2) is 33.7 Å². The first-order chi connectivity index (χ1) is 12.7. The second-order valence-corrected chi connectivity index (χ2v) is 8.07. The summed E-state index contributed by atoms with van der Waals surface area (Å²) >= 11 is 3.57. The van der Waals surface area contributed by atoms with Gasteiger partial charge in [-0.1, -0.05) is 22.0 Å². The molecule has 1 aromatic rings. The van der Waals surface area contributed by atoms with Gasteiger partial charge >= 0.3 is 0 Å². The molecular weight excluding hydrogens is 392 g/mol. The lowest BCUT2D eigenvalue weighted by Gasteiger charge is -2.34. The Balaban J connectivity index is 1.45. The number of benzene rings is 1. The SMILES string of the molecule is CCOC1CCN(C(=NC)NCC2CCN(c3cccc(Br)c3)C2)CC1. The Morgan fingerprint density at radius 2 is 2.08 bits per heavy atom. The molecule has 1 atom stereocenters. The number of likely N-dealkylation sites (tertiary alicyclic amines) is 1. The molecule has 2 fully saturated rings. The van der Waals surface area contributed by atoms with E-state index in [1.165, 1.54) is 12.1 Å². The van der Waals surface area contributed by atoms with E-state index < -0.39 is 0 Å². The molecule has 0 spiro atoms. The third-order valence-electron chi connectivity index (χ3n) is 5.36.